The van der Waals surface area contributed by atoms with E-state index in [0.29, 0.717) is 22.4 Å². The Hall–Kier alpha value is -2.69. The number of nitrogens with zero attached hydrogens (tertiary/aromatic N) is 4. The molecule has 3 aromatic heterocycles. The Bertz CT molecular complexity index is 1080. The first-order valence-electron chi connectivity index (χ1n) is 7.36. The summed E-state index contributed by atoms with van der Waals surface area (Å²) in [6.45, 7) is 2.97. The van der Waals surface area contributed by atoms with Crippen molar-refractivity contribution in [3.63, 3.8) is 0 Å². The molecule has 11 heteroatoms. The van der Waals surface area contributed by atoms with Gasteiger partial charge in [0.15, 0.2) is 10.7 Å². The second-order valence-corrected chi connectivity index (χ2v) is 7.23. The normalized spacial score (nSPS) is 12.7. The molecule has 0 aliphatic heterocycles. The lowest BCUT2D eigenvalue weighted by molar-refractivity contribution is -0.137. The molecule has 0 radical (unpaired) electrons. The molecule has 0 atom stereocenters. The number of hydrogen-bond acceptors (Lipinski definition) is 5. The van der Waals surface area contributed by atoms with Gasteiger partial charge in [-0.1, -0.05) is 0 Å². The summed E-state index contributed by atoms with van der Waals surface area (Å²) >= 11 is 0.470. The fourth-order valence-corrected chi connectivity index (χ4v) is 3.30. The number of alkyl halides is 3. The molecule has 0 saturated heterocycles. The van der Waals surface area contributed by atoms with Gasteiger partial charge in [-0.25, -0.2) is 14.8 Å². The van der Waals surface area contributed by atoms with Gasteiger partial charge in [-0.15, -0.1) is 11.3 Å². The van der Waals surface area contributed by atoms with Gasteiger partial charge in [-0.05, 0) is 19.9 Å². The molecule has 1 amide bonds. The van der Waals surface area contributed by atoms with Crippen molar-refractivity contribution in [3.8, 4) is 10.4 Å². The molecule has 3 heterocycles. The van der Waals surface area contributed by atoms with E-state index in [1.807, 2.05) is 0 Å². The molecule has 2 N–H and O–H groups in total. The highest BCUT2D eigenvalue weighted by atomic mass is 32.1. The van der Waals surface area contributed by atoms with Gasteiger partial charge in [0, 0.05) is 25.0 Å². The Labute approximate surface area is 148 Å². The molecule has 26 heavy (non-hydrogen) atoms. The van der Waals surface area contributed by atoms with Crippen molar-refractivity contribution < 1.29 is 18.0 Å². The quantitative estimate of drug-likeness (QED) is 0.747. The third-order valence-corrected chi connectivity index (χ3v) is 5.17. The first-order valence-corrected chi connectivity index (χ1v) is 8.17. The minimum Gasteiger partial charge on any atom is -0.368 e. The number of carbonyl (C=O) groups excluding carboxylic acids is 1. The van der Waals surface area contributed by atoms with Gasteiger partial charge in [0.25, 0.3) is 0 Å². The Balaban J connectivity index is 2.25. The molecule has 0 bridgehead atoms. The van der Waals surface area contributed by atoms with Gasteiger partial charge >= 0.3 is 11.9 Å². The molecule has 7 nitrogen and oxygen atoms in total. The lowest BCUT2D eigenvalue weighted by atomic mass is 10.0. The van der Waals surface area contributed by atoms with Gasteiger partial charge < -0.3 is 5.73 Å². The largest absolute Gasteiger partial charge is 0.443 e. The summed E-state index contributed by atoms with van der Waals surface area (Å²) in [7, 11) is 1.49. The van der Waals surface area contributed by atoms with Gasteiger partial charge in [0.1, 0.15) is 5.54 Å². The third-order valence-electron chi connectivity index (χ3n) is 4.08. The minimum absolute atomic E-state index is 0.242. The van der Waals surface area contributed by atoms with Crippen LogP contribution in [-0.4, -0.2) is 25.0 Å². The van der Waals surface area contributed by atoms with Crippen molar-refractivity contribution in [1.29, 1.82) is 0 Å². The maximum atomic E-state index is 12.8. The number of carbonyl (C=O) groups is 1. The average molecular weight is 385 g/mol. The number of aryl methyl sites for hydroxylation is 1. The van der Waals surface area contributed by atoms with Crippen LogP contribution in [0.25, 0.3) is 21.6 Å². The van der Waals surface area contributed by atoms with E-state index < -0.39 is 28.3 Å². The highest BCUT2D eigenvalue weighted by molar-refractivity contribution is 7.15. The molecule has 0 aliphatic rings. The van der Waals surface area contributed by atoms with E-state index in [-0.39, 0.29) is 10.5 Å². The molecule has 138 valence electrons. The van der Waals surface area contributed by atoms with Crippen LogP contribution in [0.5, 0.6) is 0 Å². The van der Waals surface area contributed by atoms with Crippen molar-refractivity contribution in [2.75, 3.05) is 0 Å². The molecule has 0 aliphatic carbocycles. The van der Waals surface area contributed by atoms with E-state index in [0.717, 1.165) is 6.20 Å². The Morgan fingerprint density at radius 1 is 1.23 bits per heavy atom. The number of hydrogen-bond donors (Lipinski definition) is 1. The number of aromatic nitrogens is 4. The Morgan fingerprint density at radius 2 is 1.88 bits per heavy atom. The van der Waals surface area contributed by atoms with Crippen molar-refractivity contribution in [2.24, 2.45) is 12.8 Å². The van der Waals surface area contributed by atoms with Crippen molar-refractivity contribution >= 4 is 28.4 Å². The number of nitrogens with two attached hydrogens (primary N) is 1. The van der Waals surface area contributed by atoms with E-state index in [1.165, 1.54) is 42.3 Å². The summed E-state index contributed by atoms with van der Waals surface area (Å²) in [6.07, 6.45) is -2.08. The van der Waals surface area contributed by atoms with Crippen molar-refractivity contribution in [2.45, 2.75) is 25.6 Å². The number of pyridine rings is 1. The smallest absolute Gasteiger partial charge is 0.368 e. The van der Waals surface area contributed by atoms with E-state index in [9.17, 15) is 22.8 Å². The van der Waals surface area contributed by atoms with Gasteiger partial charge in [-0.3, -0.25) is 13.9 Å². The summed E-state index contributed by atoms with van der Waals surface area (Å²) in [5.41, 5.74) is 4.49. The summed E-state index contributed by atoms with van der Waals surface area (Å²) in [6, 6.07) is 1.50. The summed E-state index contributed by atoms with van der Waals surface area (Å²) in [5.74, 6) is -0.727. The van der Waals surface area contributed by atoms with Crippen LogP contribution in [0, 0.1) is 0 Å². The molecule has 0 unspecified atom stereocenters. The second-order valence-electron chi connectivity index (χ2n) is 6.19. The highest BCUT2D eigenvalue weighted by Crippen LogP contribution is 2.36. The molecule has 0 spiro atoms. The van der Waals surface area contributed by atoms with Gasteiger partial charge in [0.05, 0.1) is 10.4 Å². The summed E-state index contributed by atoms with van der Waals surface area (Å²) in [5, 5.41) is -0.976. The van der Waals surface area contributed by atoms with Crippen molar-refractivity contribution in [3.05, 3.63) is 34.0 Å². The van der Waals surface area contributed by atoms with E-state index >= 15 is 0 Å². The monoisotopic (exact) mass is 385 g/mol. The standard InChI is InChI=1S/C15H14F3N5O2S/c1-14(2,11(19)24)23-8-4-7(5-20-10(8)22(3)13(23)25)9-6-21-12(26-9)15(16,17)18/h4-6H,1-3H3,(H2,19,24). The van der Waals surface area contributed by atoms with Crippen LogP contribution >= 0.6 is 11.3 Å². The zero-order chi connectivity index (χ0) is 19.4. The van der Waals surface area contributed by atoms with Crippen LogP contribution in [0.3, 0.4) is 0 Å². The number of primary amides is 1. The van der Waals surface area contributed by atoms with Crippen LogP contribution in [0.4, 0.5) is 13.2 Å². The zero-order valence-electron chi connectivity index (χ0n) is 14.0. The van der Waals surface area contributed by atoms with Crippen LogP contribution < -0.4 is 11.4 Å². The number of fused-ring (bicyclic) bond motifs is 1. The number of amides is 1. The fourth-order valence-electron chi connectivity index (χ4n) is 2.54. The number of rotatable bonds is 3. The van der Waals surface area contributed by atoms with Crippen LogP contribution in [0.15, 0.2) is 23.3 Å². The number of thiazole rings is 1. The number of imidazole rings is 1. The molecule has 0 fully saturated rings. The van der Waals surface area contributed by atoms with E-state index in [2.05, 4.69) is 9.97 Å². The van der Waals surface area contributed by atoms with E-state index in [4.69, 9.17) is 5.73 Å². The summed E-state index contributed by atoms with van der Waals surface area (Å²) in [4.78, 5) is 32.1. The predicted octanol–water partition coefficient (Wildman–Crippen LogP) is 2.10. The third kappa shape index (κ3) is 2.68. The Morgan fingerprint density at radius 3 is 2.42 bits per heavy atom. The second kappa shape index (κ2) is 5.66. The zero-order valence-corrected chi connectivity index (χ0v) is 14.8. The van der Waals surface area contributed by atoms with Gasteiger partial charge in [0.2, 0.25) is 5.91 Å². The topological polar surface area (TPSA) is 95.8 Å². The molecule has 3 aromatic rings. The van der Waals surface area contributed by atoms with Crippen LogP contribution in [-0.2, 0) is 23.6 Å². The average Bonchev–Trinajstić information content (AvgIpc) is 3.11. The lowest BCUT2D eigenvalue weighted by Gasteiger charge is -2.22. The minimum atomic E-state index is -4.54. The van der Waals surface area contributed by atoms with Crippen molar-refractivity contribution in [1.82, 2.24) is 19.1 Å². The number of halogens is 3. The SMILES string of the molecule is Cn1c(=O)n(C(C)(C)C(N)=O)c2cc(-c3cnc(C(F)(F)F)s3)cnc21. The molecule has 0 aromatic carbocycles. The van der Waals surface area contributed by atoms with Gasteiger partial charge in [-0.2, -0.15) is 13.2 Å². The summed E-state index contributed by atoms with van der Waals surface area (Å²) < 4.78 is 40.7. The Kier molecular flexibility index (Phi) is 3.94. The fraction of sp³-hybridized carbons (Fsp3) is 0.333. The predicted molar refractivity (Wildman–Crippen MR) is 89.6 cm³/mol. The lowest BCUT2D eigenvalue weighted by Crippen LogP contribution is -2.46. The molecule has 0 saturated carbocycles. The first-order chi connectivity index (χ1) is 11.9. The molecule has 3 rings (SSSR count). The maximum absolute atomic E-state index is 12.8. The van der Waals surface area contributed by atoms with Crippen LogP contribution in [0.2, 0.25) is 0 Å². The molecular weight excluding hydrogens is 371 g/mol. The highest BCUT2D eigenvalue weighted by Gasteiger charge is 2.35. The maximum Gasteiger partial charge on any atom is 0.443 e. The van der Waals surface area contributed by atoms with Crippen LogP contribution in [0.1, 0.15) is 18.9 Å². The van der Waals surface area contributed by atoms with E-state index in [1.54, 1.807) is 0 Å². The first kappa shape index (κ1) is 18.1. The molecular formula is C15H14F3N5O2S.